The van der Waals surface area contributed by atoms with Crippen LogP contribution in [0, 0.1) is 5.92 Å². The summed E-state index contributed by atoms with van der Waals surface area (Å²) in [6, 6.07) is 7.29. The van der Waals surface area contributed by atoms with Crippen molar-refractivity contribution in [3.8, 4) is 0 Å². The maximum atomic E-state index is 12.1. The van der Waals surface area contributed by atoms with Gasteiger partial charge >= 0.3 is 5.97 Å². The van der Waals surface area contributed by atoms with Crippen molar-refractivity contribution in [2.75, 3.05) is 36.5 Å². The topological polar surface area (TPSA) is 110 Å². The Morgan fingerprint density at radius 2 is 1.96 bits per heavy atom. The van der Waals surface area contributed by atoms with Crippen LogP contribution in [0.5, 0.6) is 0 Å². The van der Waals surface area contributed by atoms with E-state index in [1.165, 1.54) is 6.08 Å². The molecule has 0 saturated carbocycles. The lowest BCUT2D eigenvalue weighted by Crippen LogP contribution is -2.38. The van der Waals surface area contributed by atoms with Crippen molar-refractivity contribution in [3.05, 3.63) is 36.0 Å². The molecule has 3 rings (SSSR count). The minimum absolute atomic E-state index is 0.0298. The number of rotatable bonds is 6. The van der Waals surface area contributed by atoms with E-state index in [1.807, 2.05) is 17.0 Å². The van der Waals surface area contributed by atoms with Crippen molar-refractivity contribution < 1.29 is 24.6 Å². The standard InChI is InChI=1S/C18H21N3O5/c22-9-8-21-16(23)10-15(17(21)24)19-13-3-5-14(6-4-13)20-7-1-2-12(11-20)18(25)26/h3-6,10,12,19,22H,1-2,7-9,11H2,(H,25,26). The largest absolute Gasteiger partial charge is 0.481 e. The molecule has 1 unspecified atom stereocenters. The molecular weight excluding hydrogens is 338 g/mol. The van der Waals surface area contributed by atoms with E-state index in [-0.39, 0.29) is 24.8 Å². The summed E-state index contributed by atoms with van der Waals surface area (Å²) >= 11 is 0. The molecule has 2 heterocycles. The van der Waals surface area contributed by atoms with E-state index in [0.29, 0.717) is 18.7 Å². The number of hydrogen-bond donors (Lipinski definition) is 3. The fraction of sp³-hybridized carbons (Fsp3) is 0.389. The number of nitrogens with zero attached hydrogens (tertiary/aromatic N) is 2. The van der Waals surface area contributed by atoms with Crippen molar-refractivity contribution in [2.24, 2.45) is 5.92 Å². The van der Waals surface area contributed by atoms with Gasteiger partial charge in [0.1, 0.15) is 5.70 Å². The van der Waals surface area contributed by atoms with E-state index in [4.69, 9.17) is 5.11 Å². The SMILES string of the molecule is O=C(O)C1CCCN(c2ccc(NC3=CC(=O)N(CCO)C3=O)cc2)C1. The number of carbonyl (C=O) groups excluding carboxylic acids is 2. The number of β-amino-alcohol motifs (C(OH)–C–C–N with tert-alkyl or cyclic N) is 1. The molecule has 138 valence electrons. The molecule has 1 fully saturated rings. The Morgan fingerprint density at radius 1 is 1.23 bits per heavy atom. The van der Waals surface area contributed by atoms with Gasteiger partial charge in [-0.1, -0.05) is 0 Å². The quantitative estimate of drug-likeness (QED) is 0.640. The summed E-state index contributed by atoms with van der Waals surface area (Å²) in [7, 11) is 0. The van der Waals surface area contributed by atoms with Gasteiger partial charge in [-0.2, -0.15) is 0 Å². The smallest absolute Gasteiger partial charge is 0.308 e. The Morgan fingerprint density at radius 3 is 2.62 bits per heavy atom. The van der Waals surface area contributed by atoms with Gasteiger partial charge in [0.2, 0.25) is 0 Å². The lowest BCUT2D eigenvalue weighted by Gasteiger charge is -2.32. The second kappa shape index (κ2) is 7.57. The normalized spacial score (nSPS) is 20.3. The Hall–Kier alpha value is -2.87. The number of hydrogen-bond acceptors (Lipinski definition) is 6. The van der Waals surface area contributed by atoms with Gasteiger partial charge < -0.3 is 20.4 Å². The molecule has 2 aliphatic rings. The molecule has 1 atom stereocenters. The van der Waals surface area contributed by atoms with Gasteiger partial charge in [-0.25, -0.2) is 0 Å². The molecule has 0 spiro atoms. The highest BCUT2D eigenvalue weighted by atomic mass is 16.4. The van der Waals surface area contributed by atoms with E-state index in [2.05, 4.69) is 5.32 Å². The van der Waals surface area contributed by atoms with E-state index in [1.54, 1.807) is 12.1 Å². The van der Waals surface area contributed by atoms with Crippen molar-refractivity contribution in [1.29, 1.82) is 0 Å². The first-order valence-corrected chi connectivity index (χ1v) is 8.53. The van der Waals surface area contributed by atoms with Crippen LogP contribution in [0.15, 0.2) is 36.0 Å². The number of aliphatic hydroxyl groups is 1. The first-order chi connectivity index (χ1) is 12.5. The molecule has 2 amide bonds. The lowest BCUT2D eigenvalue weighted by molar-refractivity contribution is -0.142. The van der Waals surface area contributed by atoms with Crippen LogP contribution in [-0.4, -0.2) is 59.1 Å². The summed E-state index contributed by atoms with van der Waals surface area (Å²) in [5, 5.41) is 21.0. The Kier molecular flexibility index (Phi) is 5.22. The summed E-state index contributed by atoms with van der Waals surface area (Å²) in [5.74, 6) is -2.03. The minimum atomic E-state index is -0.767. The predicted molar refractivity (Wildman–Crippen MR) is 94.5 cm³/mol. The third-order valence-corrected chi connectivity index (χ3v) is 4.62. The molecule has 0 aliphatic carbocycles. The number of piperidine rings is 1. The summed E-state index contributed by atoms with van der Waals surface area (Å²) in [6.07, 6.45) is 2.75. The molecule has 0 radical (unpaired) electrons. The van der Waals surface area contributed by atoms with Crippen molar-refractivity contribution in [3.63, 3.8) is 0 Å². The van der Waals surface area contributed by atoms with Gasteiger partial charge in [0.05, 0.1) is 19.1 Å². The highest BCUT2D eigenvalue weighted by Crippen LogP contribution is 2.25. The van der Waals surface area contributed by atoms with Crippen LogP contribution in [0.4, 0.5) is 11.4 Å². The number of amides is 2. The number of carboxylic acid groups (broad SMARTS) is 1. The minimum Gasteiger partial charge on any atom is -0.481 e. The van der Waals surface area contributed by atoms with E-state index in [9.17, 15) is 19.5 Å². The highest BCUT2D eigenvalue weighted by Gasteiger charge is 2.30. The van der Waals surface area contributed by atoms with Crippen LogP contribution < -0.4 is 10.2 Å². The maximum absolute atomic E-state index is 12.1. The van der Waals surface area contributed by atoms with Crippen LogP contribution in [0.2, 0.25) is 0 Å². The summed E-state index contributed by atoms with van der Waals surface area (Å²) in [4.78, 5) is 38.1. The molecule has 8 heteroatoms. The van der Waals surface area contributed by atoms with Crippen LogP contribution in [0.25, 0.3) is 0 Å². The molecule has 26 heavy (non-hydrogen) atoms. The van der Waals surface area contributed by atoms with E-state index in [0.717, 1.165) is 23.6 Å². The summed E-state index contributed by atoms with van der Waals surface area (Å²) in [5.41, 5.74) is 1.74. The van der Waals surface area contributed by atoms with Crippen LogP contribution >= 0.6 is 0 Å². The molecule has 1 saturated heterocycles. The van der Waals surface area contributed by atoms with Crippen LogP contribution in [0.3, 0.4) is 0 Å². The third kappa shape index (κ3) is 3.70. The molecule has 1 aromatic carbocycles. The monoisotopic (exact) mass is 359 g/mol. The Bertz CT molecular complexity index is 744. The van der Waals surface area contributed by atoms with Gasteiger partial charge in [-0.05, 0) is 37.1 Å². The van der Waals surface area contributed by atoms with Crippen molar-refractivity contribution in [1.82, 2.24) is 4.90 Å². The average Bonchev–Trinajstić information content (AvgIpc) is 2.90. The van der Waals surface area contributed by atoms with Crippen LogP contribution in [-0.2, 0) is 14.4 Å². The number of carboxylic acids is 1. The molecule has 8 nitrogen and oxygen atoms in total. The number of aliphatic carboxylic acids is 1. The maximum Gasteiger partial charge on any atom is 0.308 e. The zero-order chi connectivity index (χ0) is 18.7. The number of carbonyl (C=O) groups is 3. The second-order valence-corrected chi connectivity index (χ2v) is 6.37. The van der Waals surface area contributed by atoms with Gasteiger partial charge in [-0.3, -0.25) is 19.3 Å². The number of anilines is 2. The van der Waals surface area contributed by atoms with Crippen LogP contribution in [0.1, 0.15) is 12.8 Å². The average molecular weight is 359 g/mol. The first-order valence-electron chi connectivity index (χ1n) is 8.53. The van der Waals surface area contributed by atoms with Crippen molar-refractivity contribution in [2.45, 2.75) is 12.8 Å². The van der Waals surface area contributed by atoms with Crippen molar-refractivity contribution >= 4 is 29.2 Å². The molecule has 0 bridgehead atoms. The van der Waals surface area contributed by atoms with Gasteiger partial charge in [0.15, 0.2) is 0 Å². The van der Waals surface area contributed by atoms with Gasteiger partial charge in [0.25, 0.3) is 11.8 Å². The first kappa shape index (κ1) is 17.9. The van der Waals surface area contributed by atoms with E-state index >= 15 is 0 Å². The summed E-state index contributed by atoms with van der Waals surface area (Å²) in [6.45, 7) is 0.986. The summed E-state index contributed by atoms with van der Waals surface area (Å²) < 4.78 is 0. The Balaban J connectivity index is 1.65. The molecule has 1 aromatic rings. The third-order valence-electron chi connectivity index (χ3n) is 4.62. The lowest BCUT2D eigenvalue weighted by atomic mass is 9.98. The van der Waals surface area contributed by atoms with E-state index < -0.39 is 17.8 Å². The number of aliphatic hydroxyl groups excluding tert-OH is 1. The number of imide groups is 1. The molecular formula is C18H21N3O5. The fourth-order valence-corrected chi connectivity index (χ4v) is 3.23. The predicted octanol–water partition coefficient (Wildman–Crippen LogP) is 0.644. The highest BCUT2D eigenvalue weighted by molar-refractivity contribution is 6.17. The zero-order valence-electron chi connectivity index (χ0n) is 14.2. The number of nitrogens with one attached hydrogen (secondary N) is 1. The Labute approximate surface area is 150 Å². The molecule has 0 aromatic heterocycles. The molecule has 3 N–H and O–H groups in total. The molecule has 2 aliphatic heterocycles. The fourth-order valence-electron chi connectivity index (χ4n) is 3.23. The zero-order valence-corrected chi connectivity index (χ0v) is 14.2. The second-order valence-electron chi connectivity index (χ2n) is 6.37. The van der Waals surface area contributed by atoms with Gasteiger partial charge in [0, 0.05) is 30.5 Å². The van der Waals surface area contributed by atoms with Gasteiger partial charge in [-0.15, -0.1) is 0 Å². The number of benzene rings is 1.